The van der Waals surface area contributed by atoms with Gasteiger partial charge in [-0.05, 0) is 57.0 Å². The van der Waals surface area contributed by atoms with E-state index < -0.39 is 0 Å². The molecule has 29 heavy (non-hydrogen) atoms. The third-order valence-corrected chi connectivity index (χ3v) is 5.70. The van der Waals surface area contributed by atoms with E-state index in [0.717, 1.165) is 49.3 Å². The maximum atomic E-state index is 13.5. The molecule has 3 aromatic rings. The second-order valence-corrected chi connectivity index (χ2v) is 8.02. The van der Waals surface area contributed by atoms with Crippen molar-refractivity contribution in [2.75, 3.05) is 18.0 Å². The molecule has 0 saturated carbocycles. The monoisotopic (exact) mass is 388 g/mol. The maximum Gasteiger partial charge on any atom is 0.258 e. The van der Waals surface area contributed by atoms with Crippen molar-refractivity contribution in [2.45, 2.75) is 39.3 Å². The van der Waals surface area contributed by atoms with E-state index in [1.165, 1.54) is 11.1 Å². The van der Waals surface area contributed by atoms with Gasteiger partial charge in [0.05, 0.1) is 12.5 Å². The molecule has 4 heteroatoms. The van der Waals surface area contributed by atoms with E-state index in [1.807, 2.05) is 48.4 Å². The van der Waals surface area contributed by atoms with Crippen LogP contribution in [0.25, 0.3) is 0 Å². The van der Waals surface area contributed by atoms with Crippen LogP contribution in [0.2, 0.25) is 0 Å². The van der Waals surface area contributed by atoms with Gasteiger partial charge in [-0.25, -0.2) is 0 Å². The number of aryl methyl sites for hydroxylation is 2. The second kappa shape index (κ2) is 8.66. The van der Waals surface area contributed by atoms with Gasteiger partial charge in [0, 0.05) is 42.5 Å². The van der Waals surface area contributed by atoms with Crippen LogP contribution in [0.15, 0.2) is 71.5 Å². The van der Waals surface area contributed by atoms with E-state index in [1.54, 1.807) is 6.26 Å². The topological polar surface area (TPSA) is 36.7 Å². The van der Waals surface area contributed by atoms with E-state index in [4.69, 9.17) is 4.42 Å². The SMILES string of the molecule is Cc1ccc(N(C(=O)c2cccc(C)c2)C2CCN(Cc3ccoc3)CC2)cc1. The van der Waals surface area contributed by atoms with Crippen LogP contribution in [-0.2, 0) is 6.54 Å². The zero-order chi connectivity index (χ0) is 20.2. The lowest BCUT2D eigenvalue weighted by Crippen LogP contribution is -2.47. The Hall–Kier alpha value is -2.85. The Kier molecular flexibility index (Phi) is 5.81. The number of nitrogens with zero attached hydrogens (tertiary/aromatic N) is 2. The fraction of sp³-hybridized carbons (Fsp3) is 0.320. The van der Waals surface area contributed by atoms with Crippen LogP contribution in [0.1, 0.15) is 39.9 Å². The molecule has 1 aliphatic heterocycles. The summed E-state index contributed by atoms with van der Waals surface area (Å²) < 4.78 is 5.19. The van der Waals surface area contributed by atoms with Crippen LogP contribution >= 0.6 is 0 Å². The molecule has 0 spiro atoms. The molecule has 2 heterocycles. The average molecular weight is 389 g/mol. The normalized spacial score (nSPS) is 15.4. The minimum Gasteiger partial charge on any atom is -0.472 e. The van der Waals surface area contributed by atoms with Crippen molar-refractivity contribution < 1.29 is 9.21 Å². The summed E-state index contributed by atoms with van der Waals surface area (Å²) in [6.07, 6.45) is 5.46. The van der Waals surface area contributed by atoms with Crippen molar-refractivity contribution in [3.8, 4) is 0 Å². The molecule has 150 valence electrons. The Bertz CT molecular complexity index is 939. The molecule has 2 aromatic carbocycles. The fourth-order valence-corrected chi connectivity index (χ4v) is 4.09. The van der Waals surface area contributed by atoms with Gasteiger partial charge in [-0.1, -0.05) is 35.4 Å². The average Bonchev–Trinajstić information content (AvgIpc) is 3.24. The van der Waals surface area contributed by atoms with Crippen molar-refractivity contribution in [3.05, 3.63) is 89.4 Å². The quantitative estimate of drug-likeness (QED) is 0.602. The molecule has 0 radical (unpaired) electrons. The van der Waals surface area contributed by atoms with Gasteiger partial charge in [-0.3, -0.25) is 9.69 Å². The summed E-state index contributed by atoms with van der Waals surface area (Å²) in [5.41, 5.74) is 5.25. The third-order valence-electron chi connectivity index (χ3n) is 5.70. The summed E-state index contributed by atoms with van der Waals surface area (Å²) in [6, 6.07) is 18.4. The highest BCUT2D eigenvalue weighted by Crippen LogP contribution is 2.27. The van der Waals surface area contributed by atoms with Gasteiger partial charge in [0.2, 0.25) is 0 Å². The van der Waals surface area contributed by atoms with Crippen molar-refractivity contribution >= 4 is 11.6 Å². The number of hydrogen-bond acceptors (Lipinski definition) is 3. The first-order valence-electron chi connectivity index (χ1n) is 10.3. The molecule has 0 bridgehead atoms. The molecule has 0 aliphatic carbocycles. The molecular formula is C25H28N2O2. The number of hydrogen-bond donors (Lipinski definition) is 0. The van der Waals surface area contributed by atoms with Crippen LogP contribution in [0.3, 0.4) is 0 Å². The molecular weight excluding hydrogens is 360 g/mol. The first kappa shape index (κ1) is 19.5. The van der Waals surface area contributed by atoms with Gasteiger partial charge >= 0.3 is 0 Å². The maximum absolute atomic E-state index is 13.5. The van der Waals surface area contributed by atoms with Crippen LogP contribution in [-0.4, -0.2) is 29.9 Å². The first-order chi connectivity index (χ1) is 14.1. The number of carbonyl (C=O) groups is 1. The molecule has 0 N–H and O–H groups in total. The van der Waals surface area contributed by atoms with Crippen molar-refractivity contribution in [1.29, 1.82) is 0 Å². The van der Waals surface area contributed by atoms with E-state index in [0.29, 0.717) is 0 Å². The fourth-order valence-electron chi connectivity index (χ4n) is 4.09. The molecule has 1 fully saturated rings. The molecule has 0 unspecified atom stereocenters. The van der Waals surface area contributed by atoms with E-state index in [-0.39, 0.29) is 11.9 Å². The zero-order valence-corrected chi connectivity index (χ0v) is 17.2. The Morgan fingerprint density at radius 2 is 1.79 bits per heavy atom. The number of amides is 1. The minimum atomic E-state index is 0.0887. The summed E-state index contributed by atoms with van der Waals surface area (Å²) in [7, 11) is 0. The lowest BCUT2D eigenvalue weighted by atomic mass is 9.99. The highest BCUT2D eigenvalue weighted by Gasteiger charge is 2.30. The minimum absolute atomic E-state index is 0.0887. The summed E-state index contributed by atoms with van der Waals surface area (Å²) in [5.74, 6) is 0.0887. The molecule has 4 rings (SSSR count). The Balaban J connectivity index is 1.54. The highest BCUT2D eigenvalue weighted by molar-refractivity contribution is 6.06. The van der Waals surface area contributed by atoms with Gasteiger partial charge in [0.25, 0.3) is 5.91 Å². The van der Waals surface area contributed by atoms with Gasteiger partial charge in [0.15, 0.2) is 0 Å². The number of benzene rings is 2. The lowest BCUT2D eigenvalue weighted by Gasteiger charge is -2.38. The molecule has 1 amide bonds. The van der Waals surface area contributed by atoms with Crippen molar-refractivity contribution in [3.63, 3.8) is 0 Å². The number of anilines is 1. The third kappa shape index (κ3) is 4.60. The summed E-state index contributed by atoms with van der Waals surface area (Å²) >= 11 is 0. The van der Waals surface area contributed by atoms with E-state index in [9.17, 15) is 4.79 Å². The Morgan fingerprint density at radius 3 is 2.45 bits per heavy atom. The van der Waals surface area contributed by atoms with Crippen molar-refractivity contribution in [2.24, 2.45) is 0 Å². The number of carbonyl (C=O) groups excluding carboxylic acids is 1. The number of furan rings is 1. The molecule has 1 aromatic heterocycles. The standard InChI is InChI=1S/C25H28N2O2/c1-19-6-8-23(9-7-19)27(25(28)22-5-3-4-20(2)16-22)24-10-13-26(14-11-24)17-21-12-15-29-18-21/h3-9,12,15-16,18,24H,10-11,13-14,17H2,1-2H3. The zero-order valence-electron chi connectivity index (χ0n) is 17.2. The first-order valence-corrected chi connectivity index (χ1v) is 10.3. The largest absolute Gasteiger partial charge is 0.472 e. The summed E-state index contributed by atoms with van der Waals surface area (Å²) in [4.78, 5) is 18.0. The van der Waals surface area contributed by atoms with E-state index >= 15 is 0 Å². The molecule has 1 aliphatic rings. The van der Waals surface area contributed by atoms with Gasteiger partial charge < -0.3 is 9.32 Å². The van der Waals surface area contributed by atoms with Crippen molar-refractivity contribution in [1.82, 2.24) is 4.90 Å². The predicted octanol–water partition coefficient (Wildman–Crippen LogP) is 5.21. The van der Waals surface area contributed by atoms with Crippen LogP contribution < -0.4 is 4.90 Å². The Morgan fingerprint density at radius 1 is 1.03 bits per heavy atom. The predicted molar refractivity (Wildman–Crippen MR) is 116 cm³/mol. The molecule has 4 nitrogen and oxygen atoms in total. The lowest BCUT2D eigenvalue weighted by molar-refractivity contribution is 0.0958. The highest BCUT2D eigenvalue weighted by atomic mass is 16.3. The smallest absolute Gasteiger partial charge is 0.258 e. The second-order valence-electron chi connectivity index (χ2n) is 8.02. The Labute approximate surface area is 172 Å². The summed E-state index contributed by atoms with van der Waals surface area (Å²) in [6.45, 7) is 6.95. The van der Waals surface area contributed by atoms with Crippen LogP contribution in [0, 0.1) is 13.8 Å². The molecule has 1 saturated heterocycles. The van der Waals surface area contributed by atoms with Crippen LogP contribution in [0.5, 0.6) is 0 Å². The summed E-state index contributed by atoms with van der Waals surface area (Å²) in [5, 5.41) is 0. The number of piperidine rings is 1. The van der Waals surface area contributed by atoms with E-state index in [2.05, 4.69) is 36.1 Å². The molecule has 0 atom stereocenters. The van der Waals surface area contributed by atoms with Gasteiger partial charge in [-0.15, -0.1) is 0 Å². The van der Waals surface area contributed by atoms with Gasteiger partial charge in [0.1, 0.15) is 0 Å². The number of likely N-dealkylation sites (tertiary alicyclic amines) is 1. The number of rotatable bonds is 5. The van der Waals surface area contributed by atoms with Gasteiger partial charge in [-0.2, -0.15) is 0 Å². The van der Waals surface area contributed by atoms with Crippen LogP contribution in [0.4, 0.5) is 5.69 Å².